The summed E-state index contributed by atoms with van der Waals surface area (Å²) in [5.74, 6) is -0.110. The molecule has 2 aliphatic carbocycles. The van der Waals surface area contributed by atoms with Crippen molar-refractivity contribution in [3.63, 3.8) is 0 Å². The first-order chi connectivity index (χ1) is 14.1. The van der Waals surface area contributed by atoms with Gasteiger partial charge in [-0.2, -0.15) is 4.68 Å². The molecule has 0 spiro atoms. The Bertz CT molecular complexity index is 963. The van der Waals surface area contributed by atoms with Gasteiger partial charge in [-0.25, -0.2) is 0 Å². The summed E-state index contributed by atoms with van der Waals surface area (Å²) in [4.78, 5) is 39.2. The first-order valence-corrected chi connectivity index (χ1v) is 9.63. The number of carbonyl (C=O) groups is 3. The van der Waals surface area contributed by atoms with Gasteiger partial charge in [0.05, 0.1) is 18.9 Å². The smallest absolute Gasteiger partial charge is 0.244 e. The van der Waals surface area contributed by atoms with Crippen molar-refractivity contribution in [2.45, 2.75) is 19.3 Å². The molecule has 1 aromatic heterocycles. The summed E-state index contributed by atoms with van der Waals surface area (Å²) in [6.07, 6.45) is 4.41. The van der Waals surface area contributed by atoms with E-state index >= 15 is 0 Å². The number of hydrogen-bond donors (Lipinski definition) is 1. The van der Waals surface area contributed by atoms with Crippen molar-refractivity contribution >= 4 is 23.4 Å². The Morgan fingerprint density at radius 3 is 2.55 bits per heavy atom. The monoisotopic (exact) mass is 396 g/mol. The predicted octanol–water partition coefficient (Wildman–Crippen LogP) is 0.640. The molecule has 5 rings (SSSR count). The van der Waals surface area contributed by atoms with Crippen LogP contribution in [0.4, 0.5) is 5.69 Å². The van der Waals surface area contributed by atoms with Gasteiger partial charge in [0.2, 0.25) is 17.7 Å². The number of fused-ring (bicyclic) bond motifs is 5. The molecule has 1 aliphatic heterocycles. The van der Waals surface area contributed by atoms with Crippen LogP contribution in [0.1, 0.15) is 19.3 Å². The van der Waals surface area contributed by atoms with Crippen LogP contribution in [0.5, 0.6) is 5.75 Å². The molecule has 0 unspecified atom stereocenters. The maximum atomic E-state index is 12.8. The number of carbonyl (C=O) groups excluding carboxylic acids is 3. The SMILES string of the molecule is COc1ccc(NC(=O)CN2C(=O)[C@H]3[C@H]4CC[C@@H](C4)[C@@H]3C2=O)cc1-n1cnnn1. The van der Waals surface area contributed by atoms with E-state index in [1.54, 1.807) is 18.2 Å². The Kier molecular flexibility index (Phi) is 4.07. The fourth-order valence-corrected chi connectivity index (χ4v) is 5.19. The number of benzene rings is 1. The van der Waals surface area contributed by atoms with E-state index in [1.165, 1.54) is 18.1 Å². The molecular weight excluding hydrogens is 376 g/mol. The van der Waals surface area contributed by atoms with E-state index in [9.17, 15) is 14.4 Å². The van der Waals surface area contributed by atoms with E-state index in [0.717, 1.165) is 24.2 Å². The van der Waals surface area contributed by atoms with Crippen molar-refractivity contribution in [2.75, 3.05) is 19.0 Å². The molecule has 2 aromatic rings. The lowest BCUT2D eigenvalue weighted by Gasteiger charge is -2.19. The zero-order valence-electron chi connectivity index (χ0n) is 15.8. The number of rotatable bonds is 5. The third-order valence-electron chi connectivity index (χ3n) is 6.38. The molecule has 1 aromatic carbocycles. The standard InChI is InChI=1S/C19H20N6O4/c1-29-14-5-4-12(7-13(14)25-9-20-22-23-25)21-15(26)8-24-18(27)16-10-2-3-11(6-10)17(16)19(24)28/h4-5,7,9-11,16-17H,2-3,6,8H2,1H3,(H,21,26)/t10-,11-,16-,17-/m0/s1. The van der Waals surface area contributed by atoms with Gasteiger partial charge < -0.3 is 10.1 Å². The van der Waals surface area contributed by atoms with Crippen molar-refractivity contribution < 1.29 is 19.1 Å². The van der Waals surface area contributed by atoms with E-state index in [1.807, 2.05) is 0 Å². The number of anilines is 1. The van der Waals surface area contributed by atoms with Gasteiger partial charge in [-0.05, 0) is 59.7 Å². The minimum Gasteiger partial charge on any atom is -0.494 e. The van der Waals surface area contributed by atoms with Crippen molar-refractivity contribution in [2.24, 2.45) is 23.7 Å². The number of tetrazole rings is 1. The lowest BCUT2D eigenvalue weighted by Crippen LogP contribution is -2.39. The van der Waals surface area contributed by atoms with Gasteiger partial charge in [-0.3, -0.25) is 19.3 Å². The van der Waals surface area contributed by atoms with Gasteiger partial charge in [0.1, 0.15) is 24.3 Å². The number of amides is 3. The van der Waals surface area contributed by atoms with E-state index in [-0.39, 0.29) is 30.2 Å². The fourth-order valence-electron chi connectivity index (χ4n) is 5.19. The minimum atomic E-state index is -0.424. The van der Waals surface area contributed by atoms with Crippen LogP contribution in [-0.2, 0) is 14.4 Å². The third kappa shape index (κ3) is 2.78. The molecule has 4 atom stereocenters. The lowest BCUT2D eigenvalue weighted by atomic mass is 9.81. The highest BCUT2D eigenvalue weighted by atomic mass is 16.5. The zero-order valence-corrected chi connectivity index (χ0v) is 15.8. The predicted molar refractivity (Wildman–Crippen MR) is 98.9 cm³/mol. The number of aromatic nitrogens is 4. The number of hydrogen-bond acceptors (Lipinski definition) is 7. The van der Waals surface area contributed by atoms with Crippen molar-refractivity contribution in [1.29, 1.82) is 0 Å². The number of likely N-dealkylation sites (tertiary alicyclic amines) is 1. The van der Waals surface area contributed by atoms with Gasteiger partial charge in [0.25, 0.3) is 0 Å². The van der Waals surface area contributed by atoms with E-state index in [0.29, 0.717) is 29.0 Å². The maximum absolute atomic E-state index is 12.8. The van der Waals surface area contributed by atoms with Crippen LogP contribution in [0, 0.1) is 23.7 Å². The molecule has 3 aliphatic rings. The minimum absolute atomic E-state index is 0.188. The molecule has 10 heteroatoms. The quantitative estimate of drug-likeness (QED) is 0.737. The Labute approximate surface area is 166 Å². The van der Waals surface area contributed by atoms with E-state index in [2.05, 4.69) is 20.8 Å². The maximum Gasteiger partial charge on any atom is 0.244 e. The summed E-state index contributed by atoms with van der Waals surface area (Å²) < 4.78 is 6.72. The molecule has 2 saturated carbocycles. The molecular formula is C19H20N6O4. The van der Waals surface area contributed by atoms with E-state index in [4.69, 9.17) is 4.74 Å². The molecule has 3 fully saturated rings. The third-order valence-corrected chi connectivity index (χ3v) is 6.38. The van der Waals surface area contributed by atoms with Gasteiger partial charge in [0.15, 0.2) is 0 Å². The van der Waals surface area contributed by atoms with Crippen LogP contribution in [0.25, 0.3) is 5.69 Å². The highest BCUT2D eigenvalue weighted by Crippen LogP contribution is 2.56. The summed E-state index contributed by atoms with van der Waals surface area (Å²) in [7, 11) is 1.52. The molecule has 29 heavy (non-hydrogen) atoms. The molecule has 1 N–H and O–H groups in total. The first-order valence-electron chi connectivity index (χ1n) is 9.63. The summed E-state index contributed by atoms with van der Waals surface area (Å²) in [5, 5.41) is 13.8. The average molecular weight is 396 g/mol. The molecule has 2 heterocycles. The second kappa shape index (κ2) is 6.64. The zero-order chi connectivity index (χ0) is 20.1. The highest BCUT2D eigenvalue weighted by Gasteiger charge is 2.60. The molecule has 1 saturated heterocycles. The van der Waals surface area contributed by atoms with Crippen molar-refractivity contribution in [3.8, 4) is 11.4 Å². The van der Waals surface area contributed by atoms with Gasteiger partial charge in [0, 0.05) is 5.69 Å². The Hall–Kier alpha value is -3.30. The van der Waals surface area contributed by atoms with Gasteiger partial charge in [-0.1, -0.05) is 0 Å². The van der Waals surface area contributed by atoms with Crippen LogP contribution < -0.4 is 10.1 Å². The topological polar surface area (TPSA) is 119 Å². The Morgan fingerprint density at radius 1 is 1.21 bits per heavy atom. The summed E-state index contributed by atoms with van der Waals surface area (Å²) in [5.41, 5.74) is 1.04. The summed E-state index contributed by atoms with van der Waals surface area (Å²) in [6, 6.07) is 5.02. The van der Waals surface area contributed by atoms with Crippen LogP contribution in [0.2, 0.25) is 0 Å². The highest BCUT2D eigenvalue weighted by molar-refractivity contribution is 6.09. The summed E-state index contributed by atoms with van der Waals surface area (Å²) >= 11 is 0. The normalized spacial score (nSPS) is 27.4. The molecule has 3 amide bonds. The number of ether oxygens (including phenoxy) is 1. The van der Waals surface area contributed by atoms with Gasteiger partial charge >= 0.3 is 0 Å². The second-order valence-electron chi connectivity index (χ2n) is 7.84. The number of nitrogens with zero attached hydrogens (tertiary/aromatic N) is 5. The summed E-state index contributed by atoms with van der Waals surface area (Å²) in [6.45, 7) is -0.268. The van der Waals surface area contributed by atoms with Gasteiger partial charge in [-0.15, -0.1) is 5.10 Å². The fraction of sp³-hybridized carbons (Fsp3) is 0.474. The lowest BCUT2D eigenvalue weighted by molar-refractivity contribution is -0.143. The average Bonchev–Trinajstić information content (AvgIpc) is 3.50. The molecule has 2 bridgehead atoms. The number of nitrogens with one attached hydrogen (secondary N) is 1. The van der Waals surface area contributed by atoms with Crippen LogP contribution in [0.3, 0.4) is 0 Å². The van der Waals surface area contributed by atoms with Crippen LogP contribution >= 0.6 is 0 Å². The molecule has 150 valence electrons. The van der Waals surface area contributed by atoms with Crippen molar-refractivity contribution in [3.05, 3.63) is 24.5 Å². The molecule has 10 nitrogen and oxygen atoms in total. The Morgan fingerprint density at radius 2 is 1.93 bits per heavy atom. The van der Waals surface area contributed by atoms with Crippen LogP contribution in [-0.4, -0.2) is 56.5 Å². The first kappa shape index (κ1) is 17.8. The molecule has 0 radical (unpaired) electrons. The Balaban J connectivity index is 1.31. The number of methoxy groups -OCH3 is 1. The van der Waals surface area contributed by atoms with E-state index < -0.39 is 5.91 Å². The van der Waals surface area contributed by atoms with Crippen LogP contribution in [0.15, 0.2) is 24.5 Å². The second-order valence-corrected chi connectivity index (χ2v) is 7.84. The number of imide groups is 1. The largest absolute Gasteiger partial charge is 0.494 e. The van der Waals surface area contributed by atoms with Crippen molar-refractivity contribution in [1.82, 2.24) is 25.1 Å².